The van der Waals surface area contributed by atoms with E-state index in [1.807, 2.05) is 6.92 Å². The van der Waals surface area contributed by atoms with E-state index in [9.17, 15) is 4.79 Å². The van der Waals surface area contributed by atoms with Gasteiger partial charge >= 0.3 is 0 Å². The molecule has 88 valence electrons. The Hall–Kier alpha value is -0.870. The predicted octanol–water partition coefficient (Wildman–Crippen LogP) is 2.01. The van der Waals surface area contributed by atoms with Crippen molar-refractivity contribution in [1.29, 1.82) is 0 Å². The number of ketones is 1. The number of Topliss-reactive ketones (excluding diaryl/α,β-unsaturated/α-hetero) is 1. The maximum absolute atomic E-state index is 12.4. The quantitative estimate of drug-likeness (QED) is 0.824. The summed E-state index contributed by atoms with van der Waals surface area (Å²) in [5.74, 6) is -0.0608. The Labute approximate surface area is 99.8 Å². The molecule has 0 radical (unpaired) electrons. The molecule has 2 rings (SSSR count). The van der Waals surface area contributed by atoms with E-state index in [0.717, 1.165) is 25.7 Å². The van der Waals surface area contributed by atoms with Crippen molar-refractivity contribution in [3.05, 3.63) is 16.9 Å². The van der Waals surface area contributed by atoms with Crippen molar-refractivity contribution in [2.75, 3.05) is 0 Å². The normalized spacial score (nSPS) is 18.9. The van der Waals surface area contributed by atoms with Crippen LogP contribution in [0.15, 0.2) is 6.20 Å². The van der Waals surface area contributed by atoms with Gasteiger partial charge in [-0.25, -0.2) is 0 Å². The average Bonchev–Trinajstić information content (AvgIpc) is 2.85. The maximum atomic E-state index is 12.4. The minimum atomic E-state index is -0.726. The molecular weight excluding hydrogens is 226 g/mol. The van der Waals surface area contributed by atoms with E-state index in [1.54, 1.807) is 4.68 Å². The molecule has 0 unspecified atom stereocenters. The molecule has 16 heavy (non-hydrogen) atoms. The first-order chi connectivity index (χ1) is 7.58. The third kappa shape index (κ3) is 1.76. The van der Waals surface area contributed by atoms with Gasteiger partial charge < -0.3 is 5.73 Å². The number of hydrogen-bond acceptors (Lipinski definition) is 3. The Morgan fingerprint density at radius 1 is 1.62 bits per heavy atom. The van der Waals surface area contributed by atoms with E-state index < -0.39 is 5.54 Å². The summed E-state index contributed by atoms with van der Waals surface area (Å²) < 4.78 is 1.62. The number of nitrogens with two attached hydrogens (primary N) is 1. The van der Waals surface area contributed by atoms with Crippen molar-refractivity contribution in [3.8, 4) is 0 Å². The fourth-order valence-electron chi connectivity index (χ4n) is 2.30. The summed E-state index contributed by atoms with van der Waals surface area (Å²) in [5.41, 5.74) is 5.88. The zero-order chi connectivity index (χ0) is 11.8. The van der Waals surface area contributed by atoms with E-state index >= 15 is 0 Å². The third-order valence-electron chi connectivity index (χ3n) is 3.26. The van der Waals surface area contributed by atoms with Crippen LogP contribution in [0.5, 0.6) is 0 Å². The van der Waals surface area contributed by atoms with Gasteiger partial charge in [0.15, 0.2) is 0 Å². The van der Waals surface area contributed by atoms with Crippen molar-refractivity contribution in [1.82, 2.24) is 9.78 Å². The molecule has 1 aliphatic rings. The van der Waals surface area contributed by atoms with Crippen molar-refractivity contribution < 1.29 is 4.79 Å². The van der Waals surface area contributed by atoms with Gasteiger partial charge in [-0.15, -0.1) is 0 Å². The Morgan fingerprint density at radius 3 is 2.81 bits per heavy atom. The summed E-state index contributed by atoms with van der Waals surface area (Å²) in [5, 5.41) is 4.47. The lowest BCUT2D eigenvalue weighted by Gasteiger charge is -2.22. The van der Waals surface area contributed by atoms with Crippen molar-refractivity contribution in [2.45, 2.75) is 44.7 Å². The van der Waals surface area contributed by atoms with E-state index in [4.69, 9.17) is 17.3 Å². The van der Waals surface area contributed by atoms with E-state index in [0.29, 0.717) is 17.3 Å². The highest BCUT2D eigenvalue weighted by Gasteiger charge is 2.39. The van der Waals surface area contributed by atoms with Gasteiger partial charge in [-0.2, -0.15) is 5.10 Å². The number of hydrogen-bond donors (Lipinski definition) is 1. The number of aryl methyl sites for hydroxylation is 1. The van der Waals surface area contributed by atoms with Gasteiger partial charge in [-0.3, -0.25) is 9.48 Å². The van der Waals surface area contributed by atoms with Gasteiger partial charge in [0.2, 0.25) is 5.78 Å². The zero-order valence-electron chi connectivity index (χ0n) is 9.37. The summed E-state index contributed by atoms with van der Waals surface area (Å²) in [7, 11) is 0. The number of carbonyl (C=O) groups excluding carboxylic acids is 1. The van der Waals surface area contributed by atoms with E-state index in [2.05, 4.69) is 5.10 Å². The van der Waals surface area contributed by atoms with Crippen molar-refractivity contribution in [2.24, 2.45) is 5.73 Å². The molecule has 0 aromatic carbocycles. The second-order valence-electron chi connectivity index (χ2n) is 4.35. The van der Waals surface area contributed by atoms with Crippen molar-refractivity contribution in [3.63, 3.8) is 0 Å². The third-order valence-corrected chi connectivity index (χ3v) is 3.53. The first kappa shape index (κ1) is 11.6. The summed E-state index contributed by atoms with van der Waals surface area (Å²) in [6.45, 7) is 2.56. The Kier molecular flexibility index (Phi) is 3.04. The number of aromatic nitrogens is 2. The van der Waals surface area contributed by atoms with E-state index in [1.165, 1.54) is 6.20 Å². The second-order valence-corrected chi connectivity index (χ2v) is 4.76. The van der Waals surface area contributed by atoms with Crippen LogP contribution in [-0.4, -0.2) is 21.1 Å². The van der Waals surface area contributed by atoms with Crippen LogP contribution in [-0.2, 0) is 6.54 Å². The van der Waals surface area contributed by atoms with Crippen molar-refractivity contribution >= 4 is 17.4 Å². The van der Waals surface area contributed by atoms with Crippen LogP contribution in [0.1, 0.15) is 43.1 Å². The molecule has 0 spiro atoms. The van der Waals surface area contributed by atoms with Gasteiger partial charge in [0.05, 0.1) is 16.8 Å². The minimum Gasteiger partial charge on any atom is -0.319 e. The topological polar surface area (TPSA) is 60.9 Å². The summed E-state index contributed by atoms with van der Waals surface area (Å²) >= 11 is 6.00. The first-order valence-electron chi connectivity index (χ1n) is 5.63. The lowest BCUT2D eigenvalue weighted by Crippen LogP contribution is -2.46. The highest BCUT2D eigenvalue weighted by atomic mass is 35.5. The van der Waals surface area contributed by atoms with Gasteiger partial charge in [0.25, 0.3) is 0 Å². The number of nitrogens with zero attached hydrogens (tertiary/aromatic N) is 2. The molecule has 1 heterocycles. The molecule has 5 heteroatoms. The van der Waals surface area contributed by atoms with E-state index in [-0.39, 0.29) is 5.78 Å². The molecule has 4 nitrogen and oxygen atoms in total. The molecule has 2 N–H and O–H groups in total. The van der Waals surface area contributed by atoms with Crippen LogP contribution in [0.3, 0.4) is 0 Å². The minimum absolute atomic E-state index is 0.0608. The monoisotopic (exact) mass is 241 g/mol. The molecule has 1 aromatic rings. The van der Waals surface area contributed by atoms with Crippen LogP contribution >= 0.6 is 11.6 Å². The molecule has 1 saturated carbocycles. The Balaban J connectivity index is 2.36. The largest absolute Gasteiger partial charge is 0.319 e. The van der Waals surface area contributed by atoms with Crippen LogP contribution in [0.4, 0.5) is 0 Å². The Bertz CT molecular complexity index is 407. The van der Waals surface area contributed by atoms with Crippen LogP contribution in [0.2, 0.25) is 5.02 Å². The SMILES string of the molecule is CCn1ncc(Cl)c1C(=O)C1(N)CCCC1. The molecule has 0 saturated heterocycles. The molecule has 0 amide bonds. The molecule has 1 fully saturated rings. The zero-order valence-corrected chi connectivity index (χ0v) is 10.1. The van der Waals surface area contributed by atoms with Crippen LogP contribution in [0, 0.1) is 0 Å². The van der Waals surface area contributed by atoms with Crippen LogP contribution in [0.25, 0.3) is 0 Å². The lowest BCUT2D eigenvalue weighted by molar-refractivity contribution is 0.0881. The molecule has 1 aliphatic carbocycles. The average molecular weight is 242 g/mol. The second kappa shape index (κ2) is 4.18. The predicted molar refractivity (Wildman–Crippen MR) is 62.6 cm³/mol. The number of halogens is 1. The van der Waals surface area contributed by atoms with Gasteiger partial charge in [0.1, 0.15) is 5.69 Å². The summed E-state index contributed by atoms with van der Waals surface area (Å²) in [4.78, 5) is 12.4. The van der Waals surface area contributed by atoms with Crippen LogP contribution < -0.4 is 5.73 Å². The molecular formula is C11H16ClN3O. The number of carbonyl (C=O) groups is 1. The highest BCUT2D eigenvalue weighted by Crippen LogP contribution is 2.32. The lowest BCUT2D eigenvalue weighted by atomic mass is 9.91. The number of rotatable bonds is 3. The fraction of sp³-hybridized carbons (Fsp3) is 0.636. The Morgan fingerprint density at radius 2 is 2.25 bits per heavy atom. The first-order valence-corrected chi connectivity index (χ1v) is 6.01. The molecule has 0 aliphatic heterocycles. The standard InChI is InChI=1S/C11H16ClN3O/c1-2-15-9(8(12)7-14-15)10(16)11(13)5-3-4-6-11/h7H,2-6,13H2,1H3. The fourth-order valence-corrected chi connectivity index (χ4v) is 2.52. The van der Waals surface area contributed by atoms with Gasteiger partial charge in [-0.1, -0.05) is 24.4 Å². The van der Waals surface area contributed by atoms with Gasteiger partial charge in [0, 0.05) is 6.54 Å². The maximum Gasteiger partial charge on any atom is 0.202 e. The highest BCUT2D eigenvalue weighted by molar-refractivity contribution is 6.34. The molecule has 0 bridgehead atoms. The van der Waals surface area contributed by atoms with Gasteiger partial charge in [-0.05, 0) is 19.8 Å². The molecule has 0 atom stereocenters. The smallest absolute Gasteiger partial charge is 0.202 e. The summed E-state index contributed by atoms with van der Waals surface area (Å²) in [6.07, 6.45) is 5.03. The summed E-state index contributed by atoms with van der Waals surface area (Å²) in [6, 6.07) is 0. The molecule has 1 aromatic heterocycles.